The molecule has 136 valence electrons. The summed E-state index contributed by atoms with van der Waals surface area (Å²) in [6.45, 7) is 2.95. The van der Waals surface area contributed by atoms with Crippen LogP contribution >= 0.6 is 0 Å². The number of benzene rings is 2. The molecular formula is C19H21N3O4. The van der Waals surface area contributed by atoms with Crippen LogP contribution in [0, 0.1) is 0 Å². The van der Waals surface area contributed by atoms with Crippen molar-refractivity contribution in [3.8, 4) is 0 Å². The van der Waals surface area contributed by atoms with Crippen molar-refractivity contribution in [2.45, 2.75) is 19.5 Å². The molecule has 0 saturated carbocycles. The zero-order chi connectivity index (χ0) is 18.8. The first-order chi connectivity index (χ1) is 12.6. The van der Waals surface area contributed by atoms with Gasteiger partial charge in [0.2, 0.25) is 0 Å². The zero-order valence-electron chi connectivity index (χ0n) is 14.2. The number of carboxylic acid groups (broad SMARTS) is 2. The Morgan fingerprint density at radius 2 is 1.77 bits per heavy atom. The molecule has 1 heterocycles. The lowest BCUT2D eigenvalue weighted by Crippen LogP contribution is -2.16. The highest BCUT2D eigenvalue weighted by molar-refractivity contribution is 6.27. The van der Waals surface area contributed by atoms with Crippen molar-refractivity contribution in [1.29, 1.82) is 0 Å². The second kappa shape index (κ2) is 9.95. The van der Waals surface area contributed by atoms with Gasteiger partial charge in [0.25, 0.3) is 0 Å². The number of aryl methyl sites for hydroxylation is 1. The van der Waals surface area contributed by atoms with Crippen molar-refractivity contribution in [3.05, 3.63) is 66.7 Å². The van der Waals surface area contributed by atoms with E-state index in [0.717, 1.165) is 26.1 Å². The van der Waals surface area contributed by atoms with Crippen LogP contribution in [-0.2, 0) is 22.7 Å². The van der Waals surface area contributed by atoms with Gasteiger partial charge < -0.3 is 20.1 Å². The predicted octanol–water partition coefficient (Wildman–Crippen LogP) is 2.37. The number of aliphatic carboxylic acids is 2. The number of nitrogens with one attached hydrogen (secondary N) is 1. The van der Waals surface area contributed by atoms with E-state index in [4.69, 9.17) is 19.8 Å². The fourth-order valence-electron chi connectivity index (χ4n) is 2.48. The van der Waals surface area contributed by atoms with Crippen LogP contribution in [0.4, 0.5) is 0 Å². The molecule has 3 N–H and O–H groups in total. The highest BCUT2D eigenvalue weighted by Gasteiger charge is 2.04. The zero-order valence-corrected chi connectivity index (χ0v) is 14.2. The topological polar surface area (TPSA) is 104 Å². The summed E-state index contributed by atoms with van der Waals surface area (Å²) in [5.41, 5.74) is 1.37. The van der Waals surface area contributed by atoms with E-state index in [2.05, 4.69) is 57.3 Å². The van der Waals surface area contributed by atoms with Crippen molar-refractivity contribution in [1.82, 2.24) is 14.9 Å². The summed E-state index contributed by atoms with van der Waals surface area (Å²) in [6, 6.07) is 15.0. The van der Waals surface area contributed by atoms with Gasteiger partial charge in [0.1, 0.15) is 0 Å². The lowest BCUT2D eigenvalue weighted by Gasteiger charge is -2.08. The van der Waals surface area contributed by atoms with E-state index in [-0.39, 0.29) is 0 Å². The molecule has 3 aromatic rings. The average molecular weight is 355 g/mol. The minimum absolute atomic E-state index is 0.922. The maximum absolute atomic E-state index is 9.10. The Morgan fingerprint density at radius 3 is 2.46 bits per heavy atom. The molecule has 0 aliphatic carbocycles. The maximum atomic E-state index is 9.10. The lowest BCUT2D eigenvalue weighted by atomic mass is 10.0. The summed E-state index contributed by atoms with van der Waals surface area (Å²) in [5, 5.41) is 21.0. The van der Waals surface area contributed by atoms with Gasteiger partial charge in [-0.3, -0.25) is 0 Å². The molecular weight excluding hydrogens is 334 g/mol. The Labute approximate surface area is 150 Å². The Bertz CT molecular complexity index is 830. The minimum Gasteiger partial charge on any atom is -0.473 e. The number of nitrogens with zero attached hydrogens (tertiary/aromatic N) is 2. The number of hydrogen-bond acceptors (Lipinski definition) is 4. The summed E-state index contributed by atoms with van der Waals surface area (Å²) in [5.74, 6) is -3.65. The summed E-state index contributed by atoms with van der Waals surface area (Å²) >= 11 is 0. The van der Waals surface area contributed by atoms with Crippen molar-refractivity contribution in [2.75, 3.05) is 6.54 Å². The SMILES string of the molecule is O=C(O)C(=O)O.c1ccc2c(CNCCCn3ccnc3)cccc2c1. The van der Waals surface area contributed by atoms with Gasteiger partial charge in [-0.15, -0.1) is 0 Å². The van der Waals surface area contributed by atoms with Gasteiger partial charge in [-0.2, -0.15) is 0 Å². The lowest BCUT2D eigenvalue weighted by molar-refractivity contribution is -0.159. The summed E-state index contributed by atoms with van der Waals surface area (Å²) in [7, 11) is 0. The summed E-state index contributed by atoms with van der Waals surface area (Å²) in [4.78, 5) is 22.2. The first kappa shape index (κ1) is 19.1. The van der Waals surface area contributed by atoms with Crippen LogP contribution < -0.4 is 5.32 Å². The monoisotopic (exact) mass is 355 g/mol. The molecule has 3 rings (SSSR count). The van der Waals surface area contributed by atoms with E-state index < -0.39 is 11.9 Å². The number of carbonyl (C=O) groups is 2. The molecule has 2 aromatic carbocycles. The van der Waals surface area contributed by atoms with Crippen LogP contribution in [0.25, 0.3) is 10.8 Å². The van der Waals surface area contributed by atoms with Crippen molar-refractivity contribution in [2.24, 2.45) is 0 Å². The molecule has 1 aromatic heterocycles. The van der Waals surface area contributed by atoms with Gasteiger partial charge in [0.15, 0.2) is 0 Å². The minimum atomic E-state index is -1.82. The van der Waals surface area contributed by atoms with Crippen LogP contribution in [0.15, 0.2) is 61.2 Å². The third-order valence-electron chi connectivity index (χ3n) is 3.71. The molecule has 0 aliphatic rings. The quantitative estimate of drug-likeness (QED) is 0.463. The van der Waals surface area contributed by atoms with Gasteiger partial charge in [0, 0.05) is 25.5 Å². The van der Waals surface area contributed by atoms with E-state index >= 15 is 0 Å². The second-order valence-electron chi connectivity index (χ2n) is 5.58. The maximum Gasteiger partial charge on any atom is 0.414 e. The molecule has 0 aliphatic heterocycles. The molecule has 7 heteroatoms. The van der Waals surface area contributed by atoms with Crippen molar-refractivity contribution in [3.63, 3.8) is 0 Å². The predicted molar refractivity (Wildman–Crippen MR) is 97.8 cm³/mol. The highest BCUT2D eigenvalue weighted by atomic mass is 16.4. The first-order valence-corrected chi connectivity index (χ1v) is 8.17. The van der Waals surface area contributed by atoms with E-state index in [1.807, 2.05) is 18.7 Å². The highest BCUT2D eigenvalue weighted by Crippen LogP contribution is 2.18. The van der Waals surface area contributed by atoms with Crippen LogP contribution in [0.5, 0.6) is 0 Å². The van der Waals surface area contributed by atoms with Gasteiger partial charge in [-0.1, -0.05) is 42.5 Å². The molecule has 0 unspecified atom stereocenters. The van der Waals surface area contributed by atoms with Crippen molar-refractivity contribution < 1.29 is 19.8 Å². The number of fused-ring (bicyclic) bond motifs is 1. The van der Waals surface area contributed by atoms with Gasteiger partial charge in [-0.05, 0) is 29.3 Å². The molecule has 0 fully saturated rings. The Morgan fingerprint density at radius 1 is 1.04 bits per heavy atom. The third kappa shape index (κ3) is 6.03. The van der Waals surface area contributed by atoms with E-state index in [1.54, 1.807) is 0 Å². The first-order valence-electron chi connectivity index (χ1n) is 8.17. The number of aromatic nitrogens is 2. The summed E-state index contributed by atoms with van der Waals surface area (Å²) < 4.78 is 2.11. The van der Waals surface area contributed by atoms with Crippen LogP contribution in [0.1, 0.15) is 12.0 Å². The number of rotatable bonds is 6. The number of carboxylic acids is 2. The van der Waals surface area contributed by atoms with Crippen LogP contribution in [0.3, 0.4) is 0 Å². The Hall–Kier alpha value is -3.19. The van der Waals surface area contributed by atoms with E-state index in [9.17, 15) is 0 Å². The van der Waals surface area contributed by atoms with E-state index in [1.165, 1.54) is 16.3 Å². The third-order valence-corrected chi connectivity index (χ3v) is 3.71. The van der Waals surface area contributed by atoms with Gasteiger partial charge in [0.05, 0.1) is 6.33 Å². The molecule has 0 bridgehead atoms. The Kier molecular flexibility index (Phi) is 7.32. The van der Waals surface area contributed by atoms with Crippen molar-refractivity contribution >= 4 is 22.7 Å². The fourth-order valence-corrected chi connectivity index (χ4v) is 2.48. The smallest absolute Gasteiger partial charge is 0.414 e. The van der Waals surface area contributed by atoms with Crippen LogP contribution in [0.2, 0.25) is 0 Å². The number of hydrogen-bond donors (Lipinski definition) is 3. The number of imidazole rings is 1. The largest absolute Gasteiger partial charge is 0.473 e. The molecule has 0 atom stereocenters. The molecule has 0 amide bonds. The Balaban J connectivity index is 0.000000352. The molecule has 0 radical (unpaired) electrons. The van der Waals surface area contributed by atoms with E-state index in [0.29, 0.717) is 0 Å². The second-order valence-corrected chi connectivity index (χ2v) is 5.58. The van der Waals surface area contributed by atoms with Crippen LogP contribution in [-0.4, -0.2) is 38.2 Å². The van der Waals surface area contributed by atoms with Gasteiger partial charge in [-0.25, -0.2) is 14.6 Å². The molecule has 0 spiro atoms. The summed E-state index contributed by atoms with van der Waals surface area (Å²) in [6.07, 6.45) is 6.81. The fraction of sp³-hybridized carbons (Fsp3) is 0.211. The standard InChI is InChI=1S/C17H19N3.C2H2O4/c1-2-8-17-15(5-1)6-3-7-16(17)13-18-9-4-11-20-12-10-19-14-20;3-1(4)2(5)6/h1-3,5-8,10,12,14,18H,4,9,11,13H2;(H,3,4)(H,5,6). The molecule has 7 nitrogen and oxygen atoms in total. The van der Waals surface area contributed by atoms with Gasteiger partial charge >= 0.3 is 11.9 Å². The molecule has 0 saturated heterocycles. The molecule has 26 heavy (non-hydrogen) atoms. The normalized spacial score (nSPS) is 10.2. The average Bonchev–Trinajstić information content (AvgIpc) is 3.15.